The Balaban J connectivity index is 1.51. The predicted molar refractivity (Wildman–Crippen MR) is 119 cm³/mol. The molecule has 0 radical (unpaired) electrons. The van der Waals surface area contributed by atoms with E-state index in [9.17, 15) is 14.4 Å². The van der Waals surface area contributed by atoms with Crippen molar-refractivity contribution in [2.45, 2.75) is 32.5 Å². The number of imidazole rings is 1. The molecule has 1 aromatic heterocycles. The minimum absolute atomic E-state index is 0.0165. The first-order valence-electron chi connectivity index (χ1n) is 10.9. The molecule has 0 spiro atoms. The summed E-state index contributed by atoms with van der Waals surface area (Å²) in [6.07, 6.45) is -1.03. The van der Waals surface area contributed by atoms with Crippen molar-refractivity contribution in [2.75, 3.05) is 26.3 Å². The summed E-state index contributed by atoms with van der Waals surface area (Å²) in [6.45, 7) is 4.49. The van der Waals surface area contributed by atoms with Gasteiger partial charge < -0.3 is 14.4 Å². The van der Waals surface area contributed by atoms with Crippen LogP contribution in [0.1, 0.15) is 25.0 Å². The molecule has 1 amide bonds. The van der Waals surface area contributed by atoms with E-state index in [-0.39, 0.29) is 24.6 Å². The van der Waals surface area contributed by atoms with Gasteiger partial charge in [-0.2, -0.15) is 0 Å². The quantitative estimate of drug-likeness (QED) is 0.530. The molecule has 0 N–H and O–H groups in total. The van der Waals surface area contributed by atoms with Crippen molar-refractivity contribution >= 4 is 22.9 Å². The van der Waals surface area contributed by atoms with Crippen molar-refractivity contribution in [3.8, 4) is 0 Å². The first-order valence-corrected chi connectivity index (χ1v) is 10.9. The Morgan fingerprint density at radius 1 is 0.969 bits per heavy atom. The molecular formula is C24H27N3O5. The van der Waals surface area contributed by atoms with Crippen LogP contribution in [0.4, 0.5) is 0 Å². The van der Waals surface area contributed by atoms with Crippen LogP contribution < -0.4 is 5.69 Å². The standard InChI is InChI=1S/C24H27N3O5/c1-2-26-19-10-6-7-11-20(19)27(24(26)30)13-12-21(28)32-22(18-8-4-3-5-9-18)23(29)25-14-16-31-17-15-25/h3-11,22H,2,12-17H2,1H3. The van der Waals surface area contributed by atoms with Crippen molar-refractivity contribution in [2.24, 2.45) is 0 Å². The van der Waals surface area contributed by atoms with Gasteiger partial charge in [0.25, 0.3) is 5.91 Å². The highest BCUT2D eigenvalue weighted by Crippen LogP contribution is 2.22. The third-order valence-corrected chi connectivity index (χ3v) is 5.68. The second-order valence-electron chi connectivity index (χ2n) is 7.64. The first-order chi connectivity index (χ1) is 15.6. The van der Waals surface area contributed by atoms with Gasteiger partial charge in [0.05, 0.1) is 30.7 Å². The monoisotopic (exact) mass is 437 g/mol. The number of nitrogens with zero attached hydrogens (tertiary/aromatic N) is 3. The number of carbonyl (C=O) groups excluding carboxylic acids is 2. The lowest BCUT2D eigenvalue weighted by atomic mass is 10.1. The number of carbonyl (C=O) groups is 2. The van der Waals surface area contributed by atoms with Crippen LogP contribution in [0.25, 0.3) is 11.0 Å². The predicted octanol–water partition coefficient (Wildman–Crippen LogP) is 2.36. The van der Waals surface area contributed by atoms with Gasteiger partial charge in [-0.3, -0.25) is 18.7 Å². The molecule has 2 heterocycles. The zero-order valence-electron chi connectivity index (χ0n) is 18.1. The van der Waals surface area contributed by atoms with Crippen LogP contribution in [-0.2, 0) is 32.2 Å². The van der Waals surface area contributed by atoms with Crippen molar-refractivity contribution < 1.29 is 19.1 Å². The number of para-hydroxylation sites is 2. The Morgan fingerprint density at radius 3 is 2.25 bits per heavy atom. The number of amides is 1. The van der Waals surface area contributed by atoms with Crippen molar-refractivity contribution in [1.29, 1.82) is 0 Å². The molecule has 1 fully saturated rings. The Hall–Kier alpha value is -3.39. The van der Waals surface area contributed by atoms with Crippen molar-refractivity contribution in [1.82, 2.24) is 14.0 Å². The summed E-state index contributed by atoms with van der Waals surface area (Å²) in [5.74, 6) is -0.784. The average Bonchev–Trinajstić information content (AvgIpc) is 3.12. The van der Waals surface area contributed by atoms with E-state index in [0.717, 1.165) is 11.0 Å². The van der Waals surface area contributed by atoms with Crippen LogP contribution in [0.3, 0.4) is 0 Å². The topological polar surface area (TPSA) is 82.8 Å². The minimum Gasteiger partial charge on any atom is -0.447 e. The molecule has 4 rings (SSSR count). The maximum absolute atomic E-state index is 13.1. The van der Waals surface area contributed by atoms with Gasteiger partial charge in [-0.1, -0.05) is 42.5 Å². The number of hydrogen-bond acceptors (Lipinski definition) is 5. The lowest BCUT2D eigenvalue weighted by Crippen LogP contribution is -2.44. The lowest BCUT2D eigenvalue weighted by Gasteiger charge is -2.30. The van der Waals surface area contributed by atoms with Gasteiger partial charge in [0, 0.05) is 31.7 Å². The van der Waals surface area contributed by atoms with Crippen LogP contribution in [0.15, 0.2) is 59.4 Å². The minimum atomic E-state index is -1.02. The van der Waals surface area contributed by atoms with Crippen LogP contribution in [-0.4, -0.2) is 52.2 Å². The van der Waals surface area contributed by atoms with E-state index in [0.29, 0.717) is 38.4 Å². The molecule has 8 nitrogen and oxygen atoms in total. The molecule has 32 heavy (non-hydrogen) atoms. The zero-order valence-corrected chi connectivity index (χ0v) is 18.1. The number of morpholine rings is 1. The summed E-state index contributed by atoms with van der Waals surface area (Å²) in [7, 11) is 0. The fourth-order valence-corrected chi connectivity index (χ4v) is 4.03. The first kappa shape index (κ1) is 21.8. The third kappa shape index (κ3) is 4.45. The highest BCUT2D eigenvalue weighted by atomic mass is 16.5. The molecule has 0 saturated carbocycles. The Bertz CT molecular complexity index is 1150. The number of rotatable bonds is 7. The van der Waals surface area contributed by atoms with Gasteiger partial charge >= 0.3 is 11.7 Å². The molecule has 1 unspecified atom stereocenters. The van der Waals surface area contributed by atoms with E-state index in [2.05, 4.69) is 0 Å². The van der Waals surface area contributed by atoms with Crippen LogP contribution >= 0.6 is 0 Å². The number of benzene rings is 2. The number of ether oxygens (including phenoxy) is 2. The average molecular weight is 437 g/mol. The summed E-state index contributed by atoms with van der Waals surface area (Å²) in [5.41, 5.74) is 2.07. The van der Waals surface area contributed by atoms with Crippen LogP contribution in [0.5, 0.6) is 0 Å². The van der Waals surface area contributed by atoms with Gasteiger partial charge in [-0.25, -0.2) is 4.79 Å². The van der Waals surface area contributed by atoms with Crippen molar-refractivity contribution in [3.05, 3.63) is 70.6 Å². The highest BCUT2D eigenvalue weighted by Gasteiger charge is 2.30. The largest absolute Gasteiger partial charge is 0.447 e. The van der Waals surface area contributed by atoms with Gasteiger partial charge in [-0.05, 0) is 19.1 Å². The van der Waals surface area contributed by atoms with Gasteiger partial charge in [0.15, 0.2) is 0 Å². The van der Waals surface area contributed by atoms with Crippen LogP contribution in [0.2, 0.25) is 0 Å². The Labute approximate surface area is 185 Å². The molecule has 8 heteroatoms. The van der Waals surface area contributed by atoms with E-state index in [4.69, 9.17) is 9.47 Å². The molecule has 0 aliphatic carbocycles. The zero-order chi connectivity index (χ0) is 22.5. The molecule has 3 aromatic rings. The molecule has 1 saturated heterocycles. The summed E-state index contributed by atoms with van der Waals surface area (Å²) in [6, 6.07) is 16.5. The maximum atomic E-state index is 13.1. The maximum Gasteiger partial charge on any atom is 0.329 e. The van der Waals surface area contributed by atoms with Gasteiger partial charge in [0.1, 0.15) is 0 Å². The smallest absolute Gasteiger partial charge is 0.329 e. The number of esters is 1. The van der Waals surface area contributed by atoms with Crippen molar-refractivity contribution in [3.63, 3.8) is 0 Å². The van der Waals surface area contributed by atoms with Crippen LogP contribution in [0, 0.1) is 0 Å². The molecule has 168 valence electrons. The van der Waals surface area contributed by atoms with E-state index in [1.54, 1.807) is 26.2 Å². The van der Waals surface area contributed by atoms with E-state index in [1.165, 1.54) is 0 Å². The van der Waals surface area contributed by atoms with E-state index < -0.39 is 12.1 Å². The number of aryl methyl sites for hydroxylation is 2. The van der Waals surface area contributed by atoms with E-state index >= 15 is 0 Å². The lowest BCUT2D eigenvalue weighted by molar-refractivity contribution is -0.163. The molecule has 1 aliphatic rings. The molecule has 1 aliphatic heterocycles. The second-order valence-corrected chi connectivity index (χ2v) is 7.64. The Kier molecular flexibility index (Phi) is 6.70. The normalized spacial score (nSPS) is 15.0. The highest BCUT2D eigenvalue weighted by molar-refractivity contribution is 5.85. The summed E-state index contributed by atoms with van der Waals surface area (Å²) in [4.78, 5) is 40.3. The molecule has 0 bridgehead atoms. The SMILES string of the molecule is CCn1c(=O)n(CCC(=O)OC(C(=O)N2CCOCC2)c2ccccc2)c2ccccc21. The summed E-state index contributed by atoms with van der Waals surface area (Å²) in [5, 5.41) is 0. The summed E-state index contributed by atoms with van der Waals surface area (Å²) < 4.78 is 14.3. The number of hydrogen-bond donors (Lipinski definition) is 0. The summed E-state index contributed by atoms with van der Waals surface area (Å²) >= 11 is 0. The Morgan fingerprint density at radius 2 is 1.59 bits per heavy atom. The number of fused-ring (bicyclic) bond motifs is 1. The fourth-order valence-electron chi connectivity index (χ4n) is 4.03. The molecule has 1 atom stereocenters. The molecular weight excluding hydrogens is 410 g/mol. The third-order valence-electron chi connectivity index (χ3n) is 5.68. The van der Waals surface area contributed by atoms with Gasteiger partial charge in [0.2, 0.25) is 6.10 Å². The van der Waals surface area contributed by atoms with Gasteiger partial charge in [-0.15, -0.1) is 0 Å². The van der Waals surface area contributed by atoms with E-state index in [1.807, 2.05) is 49.4 Å². The second kappa shape index (κ2) is 9.82. The molecule has 2 aromatic carbocycles. The number of aromatic nitrogens is 2. The fraction of sp³-hybridized carbons (Fsp3) is 0.375.